The maximum atomic E-state index is 5.89. The molecule has 1 aliphatic rings. The molecular weight excluding hydrogens is 455 g/mol. The summed E-state index contributed by atoms with van der Waals surface area (Å²) in [4.78, 5) is 6.80. The van der Waals surface area contributed by atoms with Crippen molar-refractivity contribution in [3.8, 4) is 5.75 Å². The molecule has 6 nitrogen and oxygen atoms in total. The van der Waals surface area contributed by atoms with E-state index in [4.69, 9.17) is 9.47 Å². The number of rotatable bonds is 8. The van der Waals surface area contributed by atoms with Gasteiger partial charge in [0.25, 0.3) is 0 Å². The zero-order valence-electron chi connectivity index (χ0n) is 17.0. The summed E-state index contributed by atoms with van der Waals surface area (Å²) in [7, 11) is 1.79. The molecule has 0 aromatic heterocycles. The third kappa shape index (κ3) is 8.66. The number of aliphatic imine (C=N–C) groups is 1. The fraction of sp³-hybridized carbons (Fsp3) is 0.650. The molecule has 1 saturated heterocycles. The lowest BCUT2D eigenvalue weighted by molar-refractivity contribution is -0.0284. The Labute approximate surface area is 181 Å². The van der Waals surface area contributed by atoms with Gasteiger partial charge in [0.1, 0.15) is 5.75 Å². The number of para-hydroxylation sites is 1. The van der Waals surface area contributed by atoms with Crippen molar-refractivity contribution < 1.29 is 9.47 Å². The van der Waals surface area contributed by atoms with Gasteiger partial charge in [0, 0.05) is 45.3 Å². The van der Waals surface area contributed by atoms with Crippen molar-refractivity contribution in [2.75, 3.05) is 46.4 Å². The van der Waals surface area contributed by atoms with Crippen molar-refractivity contribution in [1.29, 1.82) is 0 Å². The summed E-state index contributed by atoms with van der Waals surface area (Å²) in [6.07, 6.45) is 0.191. The highest BCUT2D eigenvalue weighted by Gasteiger charge is 2.21. The Bertz CT molecular complexity index is 569. The molecule has 1 fully saturated rings. The number of guanidine groups is 1. The average Bonchev–Trinajstić information content (AvgIpc) is 2.63. The summed E-state index contributed by atoms with van der Waals surface area (Å²) in [5, 5.41) is 6.74. The van der Waals surface area contributed by atoms with Crippen LogP contribution in [0.5, 0.6) is 5.75 Å². The Hall–Kier alpha value is -1.06. The molecule has 0 saturated carbocycles. The van der Waals surface area contributed by atoms with Gasteiger partial charge in [0.05, 0.1) is 19.3 Å². The molecule has 7 heteroatoms. The zero-order valence-corrected chi connectivity index (χ0v) is 19.4. The first-order chi connectivity index (χ1) is 12.6. The minimum Gasteiger partial charge on any atom is -0.494 e. The van der Waals surface area contributed by atoms with Gasteiger partial charge in [-0.1, -0.05) is 32.0 Å². The fourth-order valence-electron chi connectivity index (χ4n) is 3.14. The molecule has 0 bridgehead atoms. The molecule has 0 spiro atoms. The third-order valence-corrected chi connectivity index (χ3v) is 4.29. The van der Waals surface area contributed by atoms with Gasteiger partial charge >= 0.3 is 0 Å². The topological polar surface area (TPSA) is 58.1 Å². The van der Waals surface area contributed by atoms with Crippen molar-refractivity contribution in [2.24, 2.45) is 10.9 Å². The van der Waals surface area contributed by atoms with E-state index < -0.39 is 0 Å². The maximum Gasteiger partial charge on any atom is 0.191 e. The normalized spacial score (nSPS) is 18.1. The summed E-state index contributed by atoms with van der Waals surface area (Å²) in [6.45, 7) is 12.5. The summed E-state index contributed by atoms with van der Waals surface area (Å²) in [6, 6.07) is 8.08. The van der Waals surface area contributed by atoms with Crippen molar-refractivity contribution in [1.82, 2.24) is 15.5 Å². The van der Waals surface area contributed by atoms with Crippen LogP contribution in [0.2, 0.25) is 0 Å². The van der Waals surface area contributed by atoms with Crippen LogP contribution in [0.1, 0.15) is 26.3 Å². The second kappa shape index (κ2) is 13.2. The Morgan fingerprint density at radius 3 is 2.81 bits per heavy atom. The van der Waals surface area contributed by atoms with E-state index in [9.17, 15) is 0 Å². The van der Waals surface area contributed by atoms with Gasteiger partial charge in [0.15, 0.2) is 5.96 Å². The number of morpholine rings is 1. The molecule has 0 aliphatic carbocycles. The third-order valence-electron chi connectivity index (χ3n) is 4.29. The summed E-state index contributed by atoms with van der Waals surface area (Å²) in [5.74, 6) is 2.38. The van der Waals surface area contributed by atoms with Crippen LogP contribution in [0.4, 0.5) is 0 Å². The van der Waals surface area contributed by atoms with Gasteiger partial charge in [-0.3, -0.25) is 9.89 Å². The van der Waals surface area contributed by atoms with Gasteiger partial charge < -0.3 is 20.1 Å². The molecule has 1 aromatic rings. The monoisotopic (exact) mass is 490 g/mol. The first-order valence-electron chi connectivity index (χ1n) is 9.61. The predicted octanol–water partition coefficient (Wildman–Crippen LogP) is 2.73. The lowest BCUT2D eigenvalue weighted by Gasteiger charge is -2.34. The number of benzene rings is 1. The second-order valence-electron chi connectivity index (χ2n) is 6.99. The summed E-state index contributed by atoms with van der Waals surface area (Å²) >= 11 is 0. The van der Waals surface area contributed by atoms with Crippen LogP contribution >= 0.6 is 24.0 Å². The van der Waals surface area contributed by atoms with Gasteiger partial charge in [-0.15, -0.1) is 24.0 Å². The highest BCUT2D eigenvalue weighted by Crippen LogP contribution is 2.17. The van der Waals surface area contributed by atoms with Crippen LogP contribution in [-0.4, -0.2) is 63.4 Å². The van der Waals surface area contributed by atoms with Crippen molar-refractivity contribution >= 4 is 29.9 Å². The van der Waals surface area contributed by atoms with E-state index in [2.05, 4.69) is 40.4 Å². The van der Waals surface area contributed by atoms with E-state index in [-0.39, 0.29) is 30.1 Å². The van der Waals surface area contributed by atoms with Crippen LogP contribution in [0.3, 0.4) is 0 Å². The van der Waals surface area contributed by atoms with E-state index in [0.29, 0.717) is 19.1 Å². The van der Waals surface area contributed by atoms with E-state index in [1.165, 1.54) is 0 Å². The molecule has 154 valence electrons. The van der Waals surface area contributed by atoms with Crippen molar-refractivity contribution in [3.05, 3.63) is 29.8 Å². The van der Waals surface area contributed by atoms with Gasteiger partial charge in [-0.05, 0) is 18.9 Å². The SMILES string of the molecule is CCOc1ccccc1CNC(=NC)NCC1CN(CC(C)C)CCO1.I. The van der Waals surface area contributed by atoms with Crippen LogP contribution in [0.25, 0.3) is 0 Å². The molecule has 1 atom stereocenters. The Morgan fingerprint density at radius 1 is 1.33 bits per heavy atom. The van der Waals surface area contributed by atoms with Gasteiger partial charge in [-0.25, -0.2) is 0 Å². The first-order valence-corrected chi connectivity index (χ1v) is 9.61. The number of nitrogens with zero attached hydrogens (tertiary/aromatic N) is 2. The number of hydrogen-bond acceptors (Lipinski definition) is 4. The highest BCUT2D eigenvalue weighted by molar-refractivity contribution is 14.0. The second-order valence-corrected chi connectivity index (χ2v) is 6.99. The van der Waals surface area contributed by atoms with Crippen LogP contribution in [0, 0.1) is 5.92 Å². The average molecular weight is 490 g/mol. The van der Waals surface area contributed by atoms with Gasteiger partial charge in [-0.2, -0.15) is 0 Å². The van der Waals surface area contributed by atoms with Crippen LogP contribution in [0.15, 0.2) is 29.3 Å². The Kier molecular flexibility index (Phi) is 11.7. The van der Waals surface area contributed by atoms with Crippen LogP contribution < -0.4 is 15.4 Å². The van der Waals surface area contributed by atoms with E-state index >= 15 is 0 Å². The molecule has 27 heavy (non-hydrogen) atoms. The number of halogens is 1. The molecule has 2 N–H and O–H groups in total. The standard InChI is InChI=1S/C20H34N4O2.HI/c1-5-25-19-9-7-6-8-17(19)12-22-20(21-4)23-13-18-15-24(10-11-26-18)14-16(2)3;/h6-9,16,18H,5,10-15H2,1-4H3,(H2,21,22,23);1H. The molecule has 1 heterocycles. The smallest absolute Gasteiger partial charge is 0.191 e. The maximum absolute atomic E-state index is 5.89. The van der Waals surface area contributed by atoms with E-state index in [1.54, 1.807) is 7.05 Å². The van der Waals surface area contributed by atoms with E-state index in [1.807, 2.05) is 25.1 Å². The molecule has 1 aromatic carbocycles. The largest absolute Gasteiger partial charge is 0.494 e. The molecule has 2 rings (SSSR count). The predicted molar refractivity (Wildman–Crippen MR) is 122 cm³/mol. The van der Waals surface area contributed by atoms with Gasteiger partial charge in [0.2, 0.25) is 0 Å². The van der Waals surface area contributed by atoms with E-state index in [0.717, 1.165) is 50.1 Å². The lowest BCUT2D eigenvalue weighted by atomic mass is 10.2. The van der Waals surface area contributed by atoms with Crippen molar-refractivity contribution in [3.63, 3.8) is 0 Å². The fourth-order valence-corrected chi connectivity index (χ4v) is 3.14. The molecule has 1 aliphatic heterocycles. The zero-order chi connectivity index (χ0) is 18.8. The molecule has 0 amide bonds. The molecular formula is C20H35IN4O2. The van der Waals surface area contributed by atoms with Crippen LogP contribution in [-0.2, 0) is 11.3 Å². The number of hydrogen-bond donors (Lipinski definition) is 2. The number of nitrogens with one attached hydrogen (secondary N) is 2. The minimum atomic E-state index is 0. The Morgan fingerprint density at radius 2 is 2.11 bits per heavy atom. The molecule has 1 unspecified atom stereocenters. The number of ether oxygens (including phenoxy) is 2. The Balaban J connectivity index is 0.00000364. The quantitative estimate of drug-likeness (QED) is 0.334. The first kappa shape index (κ1) is 24.0. The molecule has 0 radical (unpaired) electrons. The minimum absolute atomic E-state index is 0. The highest BCUT2D eigenvalue weighted by atomic mass is 127. The summed E-state index contributed by atoms with van der Waals surface area (Å²) < 4.78 is 11.6. The lowest BCUT2D eigenvalue weighted by Crippen LogP contribution is -2.50. The summed E-state index contributed by atoms with van der Waals surface area (Å²) in [5.41, 5.74) is 1.12. The van der Waals surface area contributed by atoms with Crippen molar-refractivity contribution in [2.45, 2.75) is 33.4 Å².